The van der Waals surface area contributed by atoms with E-state index in [4.69, 9.17) is 9.15 Å². The van der Waals surface area contributed by atoms with Gasteiger partial charge in [0.05, 0.1) is 18.2 Å². The van der Waals surface area contributed by atoms with E-state index in [1.807, 2.05) is 22.7 Å². The molecule has 5 aromatic rings. The number of ether oxygens (including phenoxy) is 1. The second-order valence-corrected chi connectivity index (χ2v) is 11.7. The van der Waals surface area contributed by atoms with E-state index in [0.29, 0.717) is 35.1 Å². The van der Waals surface area contributed by atoms with Crippen LogP contribution in [0.3, 0.4) is 0 Å². The number of hydrogen-bond donors (Lipinski definition) is 1. The van der Waals surface area contributed by atoms with E-state index in [-0.39, 0.29) is 16.5 Å². The predicted molar refractivity (Wildman–Crippen MR) is 153 cm³/mol. The molecule has 0 aliphatic carbocycles. The largest absolute Gasteiger partial charge is 0.480 e. The van der Waals surface area contributed by atoms with Crippen molar-refractivity contribution in [2.75, 3.05) is 51.6 Å². The summed E-state index contributed by atoms with van der Waals surface area (Å²) in [5, 5.41) is 8.51. The highest BCUT2D eigenvalue weighted by Gasteiger charge is 2.20. The molecule has 0 amide bonds. The third-order valence-corrected chi connectivity index (χ3v) is 8.56. The van der Waals surface area contributed by atoms with Gasteiger partial charge in [0.15, 0.2) is 0 Å². The van der Waals surface area contributed by atoms with Gasteiger partial charge < -0.3 is 19.0 Å². The van der Waals surface area contributed by atoms with Gasteiger partial charge in [-0.1, -0.05) is 0 Å². The van der Waals surface area contributed by atoms with Crippen LogP contribution in [0.5, 0.6) is 5.88 Å². The van der Waals surface area contributed by atoms with E-state index < -0.39 is 15.8 Å². The molecule has 0 bridgehead atoms. The monoisotopic (exact) mass is 592 g/mol. The van der Waals surface area contributed by atoms with Gasteiger partial charge in [0, 0.05) is 62.7 Å². The maximum absolute atomic E-state index is 13.3. The number of rotatable bonds is 9. The molecule has 5 heterocycles. The van der Waals surface area contributed by atoms with Crippen molar-refractivity contribution in [1.82, 2.24) is 34.4 Å². The Morgan fingerprint density at radius 1 is 1.00 bits per heavy atom. The van der Waals surface area contributed by atoms with Gasteiger partial charge in [-0.15, -0.1) is 10.2 Å². The molecule has 1 fully saturated rings. The molecule has 42 heavy (non-hydrogen) atoms. The van der Waals surface area contributed by atoms with Gasteiger partial charge in [-0.3, -0.25) is 9.12 Å². The van der Waals surface area contributed by atoms with Crippen LogP contribution in [0.25, 0.3) is 28.4 Å². The Morgan fingerprint density at radius 2 is 1.79 bits per heavy atom. The molecule has 1 aliphatic rings. The molecule has 14 heteroatoms. The summed E-state index contributed by atoms with van der Waals surface area (Å²) in [5.74, 6) is 0.469. The summed E-state index contributed by atoms with van der Waals surface area (Å²) < 4.78 is 54.9. The van der Waals surface area contributed by atoms with Crippen molar-refractivity contribution in [2.45, 2.75) is 11.3 Å². The van der Waals surface area contributed by atoms with E-state index in [1.165, 1.54) is 19.2 Å². The van der Waals surface area contributed by atoms with Crippen molar-refractivity contribution in [3.05, 3.63) is 72.8 Å². The second kappa shape index (κ2) is 11.5. The van der Waals surface area contributed by atoms with Crippen molar-refractivity contribution in [1.29, 1.82) is 0 Å². The highest BCUT2D eigenvalue weighted by molar-refractivity contribution is 7.92. The van der Waals surface area contributed by atoms with Gasteiger partial charge >= 0.3 is 0 Å². The minimum Gasteiger partial charge on any atom is -0.480 e. The average molecular weight is 593 g/mol. The van der Waals surface area contributed by atoms with Crippen molar-refractivity contribution >= 4 is 21.4 Å². The number of pyridine rings is 2. The highest BCUT2D eigenvalue weighted by atomic mass is 32.2. The smallest absolute Gasteiger partial charge is 0.266 e. The first-order valence-corrected chi connectivity index (χ1v) is 14.8. The number of fused-ring (bicyclic) bond motifs is 1. The Balaban J connectivity index is 1.25. The summed E-state index contributed by atoms with van der Waals surface area (Å²) in [6, 6.07) is 9.83. The molecule has 0 unspecified atom stereocenters. The lowest BCUT2D eigenvalue weighted by molar-refractivity contribution is 0.153. The molecule has 12 nitrogen and oxygen atoms in total. The summed E-state index contributed by atoms with van der Waals surface area (Å²) in [5.41, 5.74) is 2.78. The van der Waals surface area contributed by atoms with E-state index in [2.05, 4.69) is 41.7 Å². The number of anilines is 1. The Bertz CT molecular complexity index is 1820. The Labute approximate surface area is 241 Å². The van der Waals surface area contributed by atoms with Gasteiger partial charge in [-0.05, 0) is 49.5 Å². The zero-order valence-electron chi connectivity index (χ0n) is 23.1. The molecule has 1 aliphatic heterocycles. The third-order valence-electron chi connectivity index (χ3n) is 7.18. The second-order valence-electron chi connectivity index (χ2n) is 10.0. The van der Waals surface area contributed by atoms with Crippen molar-refractivity contribution in [3.8, 4) is 28.6 Å². The van der Waals surface area contributed by atoms with Crippen LogP contribution in [-0.2, 0) is 16.4 Å². The fourth-order valence-electron chi connectivity index (χ4n) is 4.76. The molecule has 1 aromatic carbocycles. The standard InChI is InChI=1S/C28H29FN8O4S/c1-35-11-13-36(14-12-35)10-9-26-32-33-28(41-26)24-17-30-25-8-3-19(18-37(24)25)20-15-23(27(40-2)31-16-20)34-42(38,39)22-6-4-21(29)5-7-22/h3-8,15-18,34H,9-14H2,1-2H3. The number of piperazine rings is 1. The maximum atomic E-state index is 13.3. The SMILES string of the molecule is COc1ncc(-c2ccc3ncc(-c4nnc(CCN5CCN(C)CC5)o4)n3c2)cc1NS(=O)(=O)c1ccc(F)cc1. The number of likely N-dealkylation sites (N-methyl/N-ethyl adjacent to an activating group) is 1. The van der Waals surface area contributed by atoms with Crippen molar-refractivity contribution in [2.24, 2.45) is 0 Å². The number of nitrogens with zero attached hydrogens (tertiary/aromatic N) is 7. The molecule has 0 saturated carbocycles. The predicted octanol–water partition coefficient (Wildman–Crippen LogP) is 3.18. The number of imidazole rings is 1. The minimum absolute atomic E-state index is 0.0868. The van der Waals surface area contributed by atoms with E-state index >= 15 is 0 Å². The zero-order chi connectivity index (χ0) is 29.3. The van der Waals surface area contributed by atoms with Gasteiger partial charge in [0.25, 0.3) is 15.9 Å². The van der Waals surface area contributed by atoms with Crippen LogP contribution in [0.1, 0.15) is 5.89 Å². The number of benzene rings is 1. The first kappa shape index (κ1) is 27.8. The van der Waals surface area contributed by atoms with Crippen LogP contribution in [0.15, 0.2) is 70.4 Å². The van der Waals surface area contributed by atoms with Crippen LogP contribution in [0, 0.1) is 5.82 Å². The molecular formula is C28H29FN8O4S. The summed E-state index contributed by atoms with van der Waals surface area (Å²) in [6.07, 6.45) is 5.75. The summed E-state index contributed by atoms with van der Waals surface area (Å²) in [4.78, 5) is 13.4. The Hall–Kier alpha value is -4.40. The van der Waals surface area contributed by atoms with Crippen molar-refractivity contribution in [3.63, 3.8) is 0 Å². The minimum atomic E-state index is -4.03. The fourth-order valence-corrected chi connectivity index (χ4v) is 5.80. The summed E-state index contributed by atoms with van der Waals surface area (Å²) >= 11 is 0. The first-order chi connectivity index (χ1) is 20.3. The van der Waals surface area contributed by atoms with Crippen LogP contribution in [0.2, 0.25) is 0 Å². The molecule has 0 radical (unpaired) electrons. The van der Waals surface area contributed by atoms with Crippen LogP contribution in [0.4, 0.5) is 10.1 Å². The summed E-state index contributed by atoms with van der Waals surface area (Å²) in [7, 11) is -0.503. The number of sulfonamides is 1. The molecule has 1 saturated heterocycles. The molecule has 4 aromatic heterocycles. The average Bonchev–Trinajstić information content (AvgIpc) is 3.63. The number of aromatic nitrogens is 5. The number of hydrogen-bond acceptors (Lipinski definition) is 10. The first-order valence-electron chi connectivity index (χ1n) is 13.3. The molecule has 0 spiro atoms. The van der Waals surface area contributed by atoms with Gasteiger partial charge in [0.2, 0.25) is 11.8 Å². The fraction of sp³-hybridized carbons (Fsp3) is 0.286. The number of methoxy groups -OCH3 is 1. The van der Waals surface area contributed by atoms with Gasteiger partial charge in [0.1, 0.15) is 22.8 Å². The molecule has 6 rings (SSSR count). The number of nitrogens with one attached hydrogen (secondary N) is 1. The van der Waals surface area contributed by atoms with Gasteiger partial charge in [-0.25, -0.2) is 22.8 Å². The molecule has 1 N–H and O–H groups in total. The zero-order valence-corrected chi connectivity index (χ0v) is 23.9. The van der Waals surface area contributed by atoms with E-state index in [0.717, 1.165) is 50.4 Å². The van der Waals surface area contributed by atoms with Gasteiger partial charge in [-0.2, -0.15) is 0 Å². The van der Waals surface area contributed by atoms with Crippen molar-refractivity contribution < 1.29 is 22.0 Å². The highest BCUT2D eigenvalue weighted by Crippen LogP contribution is 2.31. The normalized spacial score (nSPS) is 14.8. The van der Waals surface area contributed by atoms with Crippen LogP contribution >= 0.6 is 0 Å². The van der Waals surface area contributed by atoms with Crippen LogP contribution < -0.4 is 9.46 Å². The lowest BCUT2D eigenvalue weighted by Crippen LogP contribution is -2.45. The molecule has 0 atom stereocenters. The topological polar surface area (TPSA) is 131 Å². The third kappa shape index (κ3) is 5.82. The lowest BCUT2D eigenvalue weighted by atomic mass is 10.1. The quantitative estimate of drug-likeness (QED) is 0.272. The Kier molecular flexibility index (Phi) is 7.58. The van der Waals surface area contributed by atoms with E-state index in [9.17, 15) is 12.8 Å². The maximum Gasteiger partial charge on any atom is 0.266 e. The molecule has 218 valence electrons. The Morgan fingerprint density at radius 3 is 2.55 bits per heavy atom. The van der Waals surface area contributed by atoms with E-state index in [1.54, 1.807) is 18.5 Å². The number of halogens is 1. The molecular weight excluding hydrogens is 563 g/mol. The lowest BCUT2D eigenvalue weighted by Gasteiger charge is -2.31. The summed E-state index contributed by atoms with van der Waals surface area (Å²) in [6.45, 7) is 4.98. The van der Waals surface area contributed by atoms with Crippen LogP contribution in [-0.4, -0.2) is 89.7 Å².